The largest absolute Gasteiger partial charge is 0.481 e. The number of rotatable bonds is 8. The Hall–Kier alpha value is -3.65. The van der Waals surface area contributed by atoms with Crippen molar-refractivity contribution >= 4 is 28.3 Å². The summed E-state index contributed by atoms with van der Waals surface area (Å²) in [5, 5.41) is 23.2. The van der Waals surface area contributed by atoms with E-state index >= 15 is 0 Å². The van der Waals surface area contributed by atoms with Crippen molar-refractivity contribution in [3.8, 4) is 6.07 Å². The van der Waals surface area contributed by atoms with E-state index in [1.54, 1.807) is 12.1 Å². The number of aliphatic carboxylic acids is 1. The van der Waals surface area contributed by atoms with E-state index < -0.39 is 5.97 Å². The second kappa shape index (κ2) is 9.71. The molecule has 5 nitrogen and oxygen atoms in total. The molecule has 3 aromatic carbocycles. The number of nitriles is 1. The van der Waals surface area contributed by atoms with Crippen molar-refractivity contribution in [1.29, 1.82) is 5.26 Å². The van der Waals surface area contributed by atoms with Gasteiger partial charge in [0.25, 0.3) is 0 Å². The molecule has 0 aliphatic carbocycles. The quantitative estimate of drug-likeness (QED) is 0.505. The van der Waals surface area contributed by atoms with Gasteiger partial charge in [-0.2, -0.15) is 5.26 Å². The molecule has 0 heterocycles. The number of aryl methyl sites for hydroxylation is 1. The Bertz CT molecular complexity index is 1110. The third kappa shape index (κ3) is 5.03. The molecule has 3 rings (SSSR count). The van der Waals surface area contributed by atoms with E-state index in [1.165, 1.54) is 0 Å². The van der Waals surface area contributed by atoms with Gasteiger partial charge in [0, 0.05) is 12.1 Å². The molecule has 152 valence electrons. The van der Waals surface area contributed by atoms with E-state index in [1.807, 2.05) is 55.5 Å². The first-order chi connectivity index (χ1) is 14.5. The number of anilines is 1. The summed E-state index contributed by atoms with van der Waals surface area (Å²) >= 11 is 0. The van der Waals surface area contributed by atoms with Crippen LogP contribution < -0.4 is 5.32 Å². The number of carboxylic acids is 1. The van der Waals surface area contributed by atoms with Crippen molar-refractivity contribution in [2.24, 2.45) is 0 Å². The van der Waals surface area contributed by atoms with Gasteiger partial charge in [-0.15, -0.1) is 0 Å². The molecule has 0 bridgehead atoms. The molecule has 0 fully saturated rings. The van der Waals surface area contributed by atoms with Crippen molar-refractivity contribution in [3.63, 3.8) is 0 Å². The Labute approximate surface area is 176 Å². The topological polar surface area (TPSA) is 90.2 Å². The molecular formula is C25H24N2O3. The van der Waals surface area contributed by atoms with Crippen LogP contribution in [0.15, 0.2) is 60.7 Å². The van der Waals surface area contributed by atoms with Crippen LogP contribution in [0.4, 0.5) is 5.69 Å². The van der Waals surface area contributed by atoms with Crippen molar-refractivity contribution in [1.82, 2.24) is 0 Å². The van der Waals surface area contributed by atoms with Crippen molar-refractivity contribution in [3.05, 3.63) is 77.4 Å². The van der Waals surface area contributed by atoms with Gasteiger partial charge in [0.1, 0.15) is 0 Å². The lowest BCUT2D eigenvalue weighted by molar-refractivity contribution is -0.137. The van der Waals surface area contributed by atoms with Crippen molar-refractivity contribution < 1.29 is 14.7 Å². The first-order valence-electron chi connectivity index (χ1n) is 10.0. The zero-order valence-corrected chi connectivity index (χ0v) is 16.9. The van der Waals surface area contributed by atoms with Crippen LogP contribution in [0.3, 0.4) is 0 Å². The normalized spacial score (nSPS) is 11.6. The maximum absolute atomic E-state index is 13.1. The van der Waals surface area contributed by atoms with E-state index in [0.717, 1.165) is 21.9 Å². The van der Waals surface area contributed by atoms with Crippen molar-refractivity contribution in [2.45, 2.75) is 38.5 Å². The van der Waals surface area contributed by atoms with Gasteiger partial charge in [0.15, 0.2) is 0 Å². The lowest BCUT2D eigenvalue weighted by Crippen LogP contribution is -2.20. The fraction of sp³-hybridized carbons (Fsp3) is 0.240. The molecule has 0 aliphatic heterocycles. The van der Waals surface area contributed by atoms with Crippen LogP contribution >= 0.6 is 0 Å². The smallest absolute Gasteiger partial charge is 0.303 e. The van der Waals surface area contributed by atoms with Crippen LogP contribution in [-0.2, 0) is 16.0 Å². The highest BCUT2D eigenvalue weighted by Crippen LogP contribution is 2.28. The van der Waals surface area contributed by atoms with Crippen LogP contribution in [0, 0.1) is 11.3 Å². The predicted octanol–water partition coefficient (Wildman–Crippen LogP) is 5.25. The summed E-state index contributed by atoms with van der Waals surface area (Å²) in [6.07, 6.45) is 2.02. The molecule has 0 saturated carbocycles. The Morgan fingerprint density at radius 3 is 2.60 bits per heavy atom. The van der Waals surface area contributed by atoms with Gasteiger partial charge < -0.3 is 10.4 Å². The fourth-order valence-corrected chi connectivity index (χ4v) is 3.58. The predicted molar refractivity (Wildman–Crippen MR) is 117 cm³/mol. The SMILES string of the molecule is CC(C(=O)Nc1cc(C#N)ccc1CCCCC(=O)O)c1cccc2ccccc12. The minimum Gasteiger partial charge on any atom is -0.481 e. The van der Waals surface area contributed by atoms with Gasteiger partial charge in [-0.25, -0.2) is 0 Å². The van der Waals surface area contributed by atoms with Crippen LogP contribution in [0.5, 0.6) is 0 Å². The Balaban J connectivity index is 1.80. The summed E-state index contributed by atoms with van der Waals surface area (Å²) in [5.74, 6) is -1.33. The number of carbonyl (C=O) groups is 2. The number of amides is 1. The highest BCUT2D eigenvalue weighted by atomic mass is 16.4. The maximum Gasteiger partial charge on any atom is 0.303 e. The van der Waals surface area contributed by atoms with E-state index in [9.17, 15) is 14.9 Å². The number of unbranched alkanes of at least 4 members (excludes halogenated alkanes) is 1. The van der Waals surface area contributed by atoms with Gasteiger partial charge in [0.05, 0.1) is 17.6 Å². The summed E-state index contributed by atoms with van der Waals surface area (Å²) in [7, 11) is 0. The number of hydrogen-bond acceptors (Lipinski definition) is 3. The lowest BCUT2D eigenvalue weighted by Gasteiger charge is -2.17. The Morgan fingerprint density at radius 2 is 1.83 bits per heavy atom. The van der Waals surface area contributed by atoms with Gasteiger partial charge in [-0.3, -0.25) is 9.59 Å². The number of carboxylic acid groups (broad SMARTS) is 1. The number of nitrogens with one attached hydrogen (secondary N) is 1. The van der Waals surface area contributed by atoms with Gasteiger partial charge in [-0.1, -0.05) is 48.5 Å². The second-order valence-corrected chi connectivity index (χ2v) is 7.36. The van der Waals surface area contributed by atoms with Gasteiger partial charge >= 0.3 is 5.97 Å². The van der Waals surface area contributed by atoms with E-state index in [4.69, 9.17) is 5.11 Å². The highest BCUT2D eigenvalue weighted by molar-refractivity contribution is 5.99. The molecular weight excluding hydrogens is 376 g/mol. The Morgan fingerprint density at radius 1 is 1.07 bits per heavy atom. The Kier molecular flexibility index (Phi) is 6.82. The molecule has 0 aliphatic rings. The summed E-state index contributed by atoms with van der Waals surface area (Å²) in [6.45, 7) is 1.87. The van der Waals surface area contributed by atoms with Gasteiger partial charge in [0.2, 0.25) is 5.91 Å². The lowest BCUT2D eigenvalue weighted by atomic mass is 9.94. The third-order valence-electron chi connectivity index (χ3n) is 5.27. The summed E-state index contributed by atoms with van der Waals surface area (Å²) in [4.78, 5) is 23.8. The van der Waals surface area contributed by atoms with E-state index in [-0.39, 0.29) is 18.2 Å². The average molecular weight is 400 g/mol. The molecule has 0 aromatic heterocycles. The standard InChI is InChI=1S/C25H24N2O3/c1-17(21-11-6-9-19-7-2-4-10-22(19)21)25(30)27-23-15-18(16-26)13-14-20(23)8-3-5-12-24(28)29/h2,4,6-7,9-11,13-15,17H,3,5,8,12H2,1H3,(H,27,30)(H,28,29). The first kappa shape index (κ1) is 21.1. The van der Waals surface area contributed by atoms with Gasteiger partial charge in [-0.05, 0) is 60.2 Å². The zero-order chi connectivity index (χ0) is 21.5. The monoisotopic (exact) mass is 400 g/mol. The summed E-state index contributed by atoms with van der Waals surface area (Å²) in [6, 6.07) is 21.2. The number of nitrogens with zero attached hydrogens (tertiary/aromatic N) is 1. The zero-order valence-electron chi connectivity index (χ0n) is 16.9. The van der Waals surface area contributed by atoms with Crippen LogP contribution in [0.2, 0.25) is 0 Å². The molecule has 5 heteroatoms. The molecule has 0 spiro atoms. The number of fused-ring (bicyclic) bond motifs is 1. The summed E-state index contributed by atoms with van der Waals surface area (Å²) < 4.78 is 0. The molecule has 1 unspecified atom stereocenters. The molecule has 30 heavy (non-hydrogen) atoms. The number of carbonyl (C=O) groups excluding carboxylic acids is 1. The molecule has 0 radical (unpaired) electrons. The number of benzene rings is 3. The first-order valence-corrected chi connectivity index (χ1v) is 10.0. The van der Waals surface area contributed by atoms with Crippen LogP contribution in [0.1, 0.15) is 48.8 Å². The molecule has 2 N–H and O–H groups in total. The van der Waals surface area contributed by atoms with E-state index in [2.05, 4.69) is 11.4 Å². The third-order valence-corrected chi connectivity index (χ3v) is 5.27. The molecule has 1 amide bonds. The maximum atomic E-state index is 13.1. The average Bonchev–Trinajstić information content (AvgIpc) is 2.76. The number of hydrogen-bond donors (Lipinski definition) is 2. The summed E-state index contributed by atoms with van der Waals surface area (Å²) in [5.41, 5.74) is 2.93. The van der Waals surface area contributed by atoms with Crippen LogP contribution in [-0.4, -0.2) is 17.0 Å². The highest BCUT2D eigenvalue weighted by Gasteiger charge is 2.19. The second-order valence-electron chi connectivity index (χ2n) is 7.36. The van der Waals surface area contributed by atoms with Crippen molar-refractivity contribution in [2.75, 3.05) is 5.32 Å². The minimum absolute atomic E-state index is 0.121. The van der Waals surface area contributed by atoms with E-state index in [0.29, 0.717) is 30.5 Å². The molecule has 0 saturated heterocycles. The van der Waals surface area contributed by atoms with Crippen LogP contribution in [0.25, 0.3) is 10.8 Å². The molecule has 1 atom stereocenters. The minimum atomic E-state index is -0.813. The fourth-order valence-electron chi connectivity index (χ4n) is 3.58. The molecule has 3 aromatic rings.